The molecule has 0 atom stereocenters. The molecule has 110 valence electrons. The second kappa shape index (κ2) is 7.06. The van der Waals surface area contributed by atoms with E-state index in [1.807, 2.05) is 18.2 Å². The van der Waals surface area contributed by atoms with E-state index in [4.69, 9.17) is 10.5 Å². The highest BCUT2D eigenvalue weighted by Gasteiger charge is 2.12. The lowest BCUT2D eigenvalue weighted by Crippen LogP contribution is -2.14. The summed E-state index contributed by atoms with van der Waals surface area (Å²) >= 11 is 6.78. The molecule has 0 saturated heterocycles. The summed E-state index contributed by atoms with van der Waals surface area (Å²) in [7, 11) is 1.61. The van der Waals surface area contributed by atoms with E-state index in [0.717, 1.165) is 10.0 Å². The van der Waals surface area contributed by atoms with Crippen molar-refractivity contribution in [2.45, 2.75) is 6.61 Å². The van der Waals surface area contributed by atoms with Gasteiger partial charge in [0.25, 0.3) is 5.91 Å². The highest BCUT2D eigenvalue weighted by Crippen LogP contribution is 2.27. The van der Waals surface area contributed by atoms with E-state index in [0.29, 0.717) is 28.0 Å². The monoisotopic (exact) mass is 412 g/mol. The molecule has 0 aliphatic heterocycles. The van der Waals surface area contributed by atoms with Gasteiger partial charge < -0.3 is 15.8 Å². The molecular formula is C15H14Br2N2O2. The van der Waals surface area contributed by atoms with Gasteiger partial charge in [-0.3, -0.25) is 4.79 Å². The SMILES string of the molecule is COCc1c(Br)cccc1NC(=O)c1ccc(N)c(Br)c1. The number of anilines is 2. The van der Waals surface area contributed by atoms with Gasteiger partial charge in [0, 0.05) is 38.6 Å². The van der Waals surface area contributed by atoms with Gasteiger partial charge in [0.15, 0.2) is 0 Å². The summed E-state index contributed by atoms with van der Waals surface area (Å²) in [6.07, 6.45) is 0. The van der Waals surface area contributed by atoms with Crippen molar-refractivity contribution in [3.05, 3.63) is 56.5 Å². The third-order valence-electron chi connectivity index (χ3n) is 2.92. The molecule has 2 aromatic rings. The Morgan fingerprint density at radius 1 is 1.24 bits per heavy atom. The summed E-state index contributed by atoms with van der Waals surface area (Å²) in [6, 6.07) is 10.7. The van der Waals surface area contributed by atoms with Crippen LogP contribution in [0.4, 0.5) is 11.4 Å². The second-order valence-electron chi connectivity index (χ2n) is 4.39. The van der Waals surface area contributed by atoms with E-state index in [1.165, 1.54) is 0 Å². The second-order valence-corrected chi connectivity index (χ2v) is 6.10. The number of methoxy groups -OCH3 is 1. The maximum atomic E-state index is 12.3. The molecule has 0 saturated carbocycles. The van der Waals surface area contributed by atoms with Crippen LogP contribution in [-0.2, 0) is 11.3 Å². The van der Waals surface area contributed by atoms with Gasteiger partial charge in [-0.15, -0.1) is 0 Å². The Hall–Kier alpha value is -1.37. The van der Waals surface area contributed by atoms with Crippen molar-refractivity contribution in [2.24, 2.45) is 0 Å². The summed E-state index contributed by atoms with van der Waals surface area (Å²) in [5.41, 5.74) is 8.45. The zero-order valence-electron chi connectivity index (χ0n) is 11.3. The Morgan fingerprint density at radius 2 is 2.00 bits per heavy atom. The summed E-state index contributed by atoms with van der Waals surface area (Å²) in [5, 5.41) is 2.89. The van der Waals surface area contributed by atoms with Crippen molar-refractivity contribution in [3.8, 4) is 0 Å². The van der Waals surface area contributed by atoms with E-state index in [9.17, 15) is 4.79 Å². The maximum Gasteiger partial charge on any atom is 0.255 e. The molecule has 0 bridgehead atoms. The first-order valence-corrected chi connectivity index (χ1v) is 7.74. The lowest BCUT2D eigenvalue weighted by atomic mass is 10.1. The molecule has 2 aromatic carbocycles. The van der Waals surface area contributed by atoms with Gasteiger partial charge in [0.2, 0.25) is 0 Å². The van der Waals surface area contributed by atoms with Crippen LogP contribution in [0.25, 0.3) is 0 Å². The molecule has 1 amide bonds. The maximum absolute atomic E-state index is 12.3. The van der Waals surface area contributed by atoms with Crippen molar-refractivity contribution in [3.63, 3.8) is 0 Å². The van der Waals surface area contributed by atoms with Gasteiger partial charge in [-0.05, 0) is 46.3 Å². The number of benzene rings is 2. The van der Waals surface area contributed by atoms with Crippen molar-refractivity contribution in [2.75, 3.05) is 18.2 Å². The molecule has 6 heteroatoms. The number of rotatable bonds is 4. The number of nitrogen functional groups attached to an aromatic ring is 1. The van der Waals surface area contributed by atoms with E-state index in [-0.39, 0.29) is 5.91 Å². The smallest absolute Gasteiger partial charge is 0.255 e. The Bertz CT molecular complexity index is 675. The number of nitrogens with two attached hydrogens (primary N) is 1. The summed E-state index contributed by atoms with van der Waals surface area (Å²) < 4.78 is 6.75. The highest BCUT2D eigenvalue weighted by atomic mass is 79.9. The Balaban J connectivity index is 2.27. The van der Waals surface area contributed by atoms with Crippen LogP contribution in [0.15, 0.2) is 45.3 Å². The van der Waals surface area contributed by atoms with Crippen molar-refractivity contribution >= 4 is 49.1 Å². The van der Waals surface area contributed by atoms with E-state index in [1.54, 1.807) is 25.3 Å². The van der Waals surface area contributed by atoms with Crippen molar-refractivity contribution in [1.29, 1.82) is 0 Å². The van der Waals surface area contributed by atoms with Crippen LogP contribution in [-0.4, -0.2) is 13.0 Å². The zero-order valence-corrected chi connectivity index (χ0v) is 14.5. The fraction of sp³-hybridized carbons (Fsp3) is 0.133. The molecule has 4 nitrogen and oxygen atoms in total. The molecule has 0 aliphatic rings. The average molecular weight is 414 g/mol. The first kappa shape index (κ1) is 16.0. The molecule has 0 aromatic heterocycles. The lowest BCUT2D eigenvalue weighted by Gasteiger charge is -2.12. The summed E-state index contributed by atoms with van der Waals surface area (Å²) in [5.74, 6) is -0.203. The Labute approximate surface area is 139 Å². The van der Waals surface area contributed by atoms with Crippen LogP contribution in [0.3, 0.4) is 0 Å². The fourth-order valence-electron chi connectivity index (χ4n) is 1.83. The molecule has 0 heterocycles. The minimum atomic E-state index is -0.203. The highest BCUT2D eigenvalue weighted by molar-refractivity contribution is 9.10. The number of amides is 1. The molecule has 0 radical (unpaired) electrons. The molecular weight excluding hydrogens is 400 g/mol. The Kier molecular flexibility index (Phi) is 5.39. The van der Waals surface area contributed by atoms with Gasteiger partial charge in [-0.1, -0.05) is 22.0 Å². The first-order valence-electron chi connectivity index (χ1n) is 6.15. The minimum absolute atomic E-state index is 0.203. The molecule has 0 fully saturated rings. The van der Waals surface area contributed by atoms with Gasteiger partial charge >= 0.3 is 0 Å². The number of carbonyl (C=O) groups excluding carboxylic acids is 1. The van der Waals surface area contributed by atoms with Crippen LogP contribution < -0.4 is 11.1 Å². The molecule has 3 N–H and O–H groups in total. The number of carbonyl (C=O) groups is 1. The molecule has 2 rings (SSSR count). The summed E-state index contributed by atoms with van der Waals surface area (Å²) in [4.78, 5) is 12.3. The van der Waals surface area contributed by atoms with Gasteiger partial charge in [-0.25, -0.2) is 0 Å². The standard InChI is InChI=1S/C15H14Br2N2O2/c1-21-8-10-11(16)3-2-4-14(10)19-15(20)9-5-6-13(18)12(17)7-9/h2-7H,8,18H2,1H3,(H,19,20). The lowest BCUT2D eigenvalue weighted by molar-refractivity contribution is 0.102. The third-order valence-corrected chi connectivity index (χ3v) is 4.35. The largest absolute Gasteiger partial charge is 0.398 e. The van der Waals surface area contributed by atoms with Crippen LogP contribution in [0.1, 0.15) is 15.9 Å². The fourth-order valence-corrected chi connectivity index (χ4v) is 2.69. The van der Waals surface area contributed by atoms with Gasteiger partial charge in [0.05, 0.1) is 6.61 Å². The molecule has 0 aliphatic carbocycles. The van der Waals surface area contributed by atoms with E-state index >= 15 is 0 Å². The van der Waals surface area contributed by atoms with Crippen LogP contribution in [0, 0.1) is 0 Å². The van der Waals surface area contributed by atoms with Crippen LogP contribution >= 0.6 is 31.9 Å². The minimum Gasteiger partial charge on any atom is -0.398 e. The zero-order chi connectivity index (χ0) is 15.4. The van der Waals surface area contributed by atoms with E-state index < -0.39 is 0 Å². The number of halogens is 2. The van der Waals surface area contributed by atoms with Crippen LogP contribution in [0.2, 0.25) is 0 Å². The molecule has 0 unspecified atom stereocenters. The van der Waals surface area contributed by atoms with E-state index in [2.05, 4.69) is 37.2 Å². The average Bonchev–Trinajstić information content (AvgIpc) is 2.45. The first-order chi connectivity index (χ1) is 10.0. The predicted octanol–water partition coefficient (Wildman–Crippen LogP) is 4.19. The quantitative estimate of drug-likeness (QED) is 0.738. The third kappa shape index (κ3) is 3.84. The van der Waals surface area contributed by atoms with Crippen molar-refractivity contribution < 1.29 is 9.53 Å². The number of hydrogen-bond acceptors (Lipinski definition) is 3. The molecule has 0 spiro atoms. The molecule has 21 heavy (non-hydrogen) atoms. The number of nitrogens with one attached hydrogen (secondary N) is 1. The number of hydrogen-bond donors (Lipinski definition) is 2. The number of ether oxygens (including phenoxy) is 1. The normalized spacial score (nSPS) is 10.4. The van der Waals surface area contributed by atoms with Crippen LogP contribution in [0.5, 0.6) is 0 Å². The van der Waals surface area contributed by atoms with Crippen molar-refractivity contribution in [1.82, 2.24) is 0 Å². The van der Waals surface area contributed by atoms with Gasteiger partial charge in [-0.2, -0.15) is 0 Å². The van der Waals surface area contributed by atoms with Gasteiger partial charge in [0.1, 0.15) is 0 Å². The predicted molar refractivity (Wildman–Crippen MR) is 91.4 cm³/mol. The summed E-state index contributed by atoms with van der Waals surface area (Å²) in [6.45, 7) is 0.405. The Morgan fingerprint density at radius 3 is 2.67 bits per heavy atom. The topological polar surface area (TPSA) is 64.3 Å².